The molecule has 1 atom stereocenters. The standard InChI is InChI=1S/C22H24N4O4/c1-29-19-9-3-2-8-18(19)26-20(23-24-22(26)28)14-16-6-4-12-25(15-16)21(27)11-10-17-7-5-13-30-17/h2-3,5,7-11,13,16H,4,6,12,14-15H2,1H3,(H,24,28)/b11-10+. The molecular weight excluding hydrogens is 384 g/mol. The lowest BCUT2D eigenvalue weighted by atomic mass is 9.94. The lowest BCUT2D eigenvalue weighted by Gasteiger charge is -2.32. The third-order valence-corrected chi connectivity index (χ3v) is 5.30. The predicted octanol–water partition coefficient (Wildman–Crippen LogP) is 2.66. The van der Waals surface area contributed by atoms with Gasteiger partial charge in [-0.25, -0.2) is 14.5 Å². The van der Waals surface area contributed by atoms with Gasteiger partial charge in [0.05, 0.1) is 19.1 Å². The zero-order valence-electron chi connectivity index (χ0n) is 16.8. The van der Waals surface area contributed by atoms with E-state index in [2.05, 4.69) is 10.2 Å². The maximum Gasteiger partial charge on any atom is 0.348 e. The van der Waals surface area contributed by atoms with E-state index in [1.807, 2.05) is 29.2 Å². The number of nitrogens with one attached hydrogen (secondary N) is 1. The molecule has 8 heteroatoms. The fourth-order valence-corrected chi connectivity index (χ4v) is 3.86. The summed E-state index contributed by atoms with van der Waals surface area (Å²) in [4.78, 5) is 26.8. The fraction of sp³-hybridized carbons (Fsp3) is 0.318. The first-order valence-electron chi connectivity index (χ1n) is 9.96. The fourth-order valence-electron chi connectivity index (χ4n) is 3.86. The molecule has 0 saturated carbocycles. The number of H-pyrrole nitrogens is 1. The van der Waals surface area contributed by atoms with Crippen molar-refractivity contribution < 1.29 is 13.9 Å². The van der Waals surface area contributed by atoms with Crippen molar-refractivity contribution >= 4 is 12.0 Å². The van der Waals surface area contributed by atoms with E-state index >= 15 is 0 Å². The van der Waals surface area contributed by atoms with Gasteiger partial charge in [-0.2, -0.15) is 5.10 Å². The van der Waals surface area contributed by atoms with Crippen LogP contribution in [0.1, 0.15) is 24.4 Å². The van der Waals surface area contributed by atoms with Gasteiger partial charge in [-0.1, -0.05) is 12.1 Å². The van der Waals surface area contributed by atoms with Crippen LogP contribution in [0, 0.1) is 5.92 Å². The number of piperidine rings is 1. The van der Waals surface area contributed by atoms with Gasteiger partial charge in [0.2, 0.25) is 5.91 Å². The lowest BCUT2D eigenvalue weighted by Crippen LogP contribution is -2.40. The summed E-state index contributed by atoms with van der Waals surface area (Å²) in [5, 5.41) is 6.79. The number of hydrogen-bond donors (Lipinski definition) is 1. The van der Waals surface area contributed by atoms with E-state index in [9.17, 15) is 9.59 Å². The molecule has 3 heterocycles. The minimum atomic E-state index is -0.306. The highest BCUT2D eigenvalue weighted by atomic mass is 16.5. The van der Waals surface area contributed by atoms with Gasteiger partial charge in [0.1, 0.15) is 17.3 Å². The molecule has 3 aromatic rings. The summed E-state index contributed by atoms with van der Waals surface area (Å²) < 4.78 is 12.2. The number of likely N-dealkylation sites (tertiary alicyclic amines) is 1. The van der Waals surface area contributed by atoms with E-state index in [-0.39, 0.29) is 17.5 Å². The Morgan fingerprint density at radius 3 is 3.00 bits per heavy atom. The van der Waals surface area contributed by atoms with Gasteiger partial charge in [-0.15, -0.1) is 0 Å². The zero-order chi connectivity index (χ0) is 20.9. The molecule has 4 rings (SSSR count). The molecule has 0 aliphatic carbocycles. The molecular formula is C22H24N4O4. The van der Waals surface area contributed by atoms with Gasteiger partial charge >= 0.3 is 5.69 Å². The van der Waals surface area contributed by atoms with Crippen LogP contribution in [0.25, 0.3) is 11.8 Å². The van der Waals surface area contributed by atoms with Gasteiger partial charge in [-0.05, 0) is 49.1 Å². The number of para-hydroxylation sites is 2. The van der Waals surface area contributed by atoms with Crippen LogP contribution in [0.5, 0.6) is 5.75 Å². The van der Waals surface area contributed by atoms with Crippen molar-refractivity contribution in [3.63, 3.8) is 0 Å². The number of furan rings is 1. The first-order valence-corrected chi connectivity index (χ1v) is 9.96. The van der Waals surface area contributed by atoms with Crippen LogP contribution in [0.15, 0.2) is 57.9 Å². The number of carbonyl (C=O) groups is 1. The number of aromatic nitrogens is 3. The van der Waals surface area contributed by atoms with E-state index in [0.717, 1.165) is 19.4 Å². The maximum atomic E-state index is 12.6. The third kappa shape index (κ3) is 4.22. The average molecular weight is 408 g/mol. The first-order chi connectivity index (χ1) is 14.7. The number of hydrogen-bond acceptors (Lipinski definition) is 5. The summed E-state index contributed by atoms with van der Waals surface area (Å²) >= 11 is 0. The van der Waals surface area contributed by atoms with Gasteiger partial charge < -0.3 is 14.1 Å². The van der Waals surface area contributed by atoms with E-state index in [1.165, 1.54) is 0 Å². The molecule has 0 spiro atoms. The Labute approximate surface area is 173 Å². The number of rotatable bonds is 6. The van der Waals surface area contributed by atoms with Gasteiger partial charge in [0.25, 0.3) is 0 Å². The highest BCUT2D eigenvalue weighted by Crippen LogP contribution is 2.25. The van der Waals surface area contributed by atoms with Crippen molar-refractivity contribution in [2.45, 2.75) is 19.3 Å². The van der Waals surface area contributed by atoms with Crippen LogP contribution in [0.4, 0.5) is 0 Å². The SMILES string of the molecule is COc1ccccc1-n1c(CC2CCCN(C(=O)/C=C/c3ccco3)C2)n[nH]c1=O. The normalized spacial score (nSPS) is 16.8. The Morgan fingerprint density at radius 2 is 2.20 bits per heavy atom. The Balaban J connectivity index is 1.49. The molecule has 0 radical (unpaired) electrons. The van der Waals surface area contributed by atoms with E-state index in [1.54, 1.807) is 42.2 Å². The largest absolute Gasteiger partial charge is 0.495 e. The Morgan fingerprint density at radius 1 is 1.33 bits per heavy atom. The van der Waals surface area contributed by atoms with E-state index in [0.29, 0.717) is 36.0 Å². The minimum Gasteiger partial charge on any atom is -0.495 e. The molecule has 1 aromatic carbocycles. The average Bonchev–Trinajstić information content (AvgIpc) is 3.42. The van der Waals surface area contributed by atoms with Crippen molar-refractivity contribution in [2.75, 3.05) is 20.2 Å². The highest BCUT2D eigenvalue weighted by molar-refractivity contribution is 5.91. The zero-order valence-corrected chi connectivity index (χ0v) is 16.8. The molecule has 30 heavy (non-hydrogen) atoms. The molecule has 1 unspecified atom stereocenters. The van der Waals surface area contributed by atoms with Gasteiger partial charge in [-0.3, -0.25) is 4.79 Å². The third-order valence-electron chi connectivity index (χ3n) is 5.30. The maximum absolute atomic E-state index is 12.6. The van der Waals surface area contributed by atoms with Crippen LogP contribution in [0.2, 0.25) is 0 Å². The molecule has 1 aliphatic heterocycles. The topological polar surface area (TPSA) is 93.4 Å². The van der Waals surface area contributed by atoms with Crippen molar-refractivity contribution in [1.29, 1.82) is 0 Å². The van der Waals surface area contributed by atoms with E-state index in [4.69, 9.17) is 9.15 Å². The Bertz CT molecular complexity index is 1080. The second-order valence-electron chi connectivity index (χ2n) is 7.30. The summed E-state index contributed by atoms with van der Waals surface area (Å²) in [5.74, 6) is 2.05. The molecule has 2 aromatic heterocycles. The quantitative estimate of drug-likeness (QED) is 0.633. The number of amides is 1. The number of aromatic amines is 1. The Hall–Kier alpha value is -3.55. The number of carbonyl (C=O) groups excluding carboxylic acids is 1. The van der Waals surface area contributed by atoms with Gasteiger partial charge in [0.15, 0.2) is 0 Å². The molecule has 156 valence electrons. The molecule has 1 N–H and O–H groups in total. The minimum absolute atomic E-state index is 0.0414. The number of nitrogens with zero attached hydrogens (tertiary/aromatic N) is 3. The molecule has 8 nitrogen and oxygen atoms in total. The van der Waals surface area contributed by atoms with Crippen molar-refractivity contribution in [3.8, 4) is 11.4 Å². The molecule has 1 saturated heterocycles. The van der Waals surface area contributed by atoms with E-state index < -0.39 is 0 Å². The lowest BCUT2D eigenvalue weighted by molar-refractivity contribution is -0.127. The monoisotopic (exact) mass is 408 g/mol. The summed E-state index contributed by atoms with van der Waals surface area (Å²) in [5.41, 5.74) is 0.346. The van der Waals surface area contributed by atoms with Crippen LogP contribution < -0.4 is 10.4 Å². The predicted molar refractivity (Wildman–Crippen MR) is 111 cm³/mol. The van der Waals surface area contributed by atoms with Crippen LogP contribution in [-0.4, -0.2) is 45.8 Å². The summed E-state index contributed by atoms with van der Waals surface area (Å²) in [7, 11) is 1.57. The van der Waals surface area contributed by atoms with Crippen LogP contribution >= 0.6 is 0 Å². The number of benzene rings is 1. The highest BCUT2D eigenvalue weighted by Gasteiger charge is 2.25. The molecule has 1 aliphatic rings. The van der Waals surface area contributed by atoms with Crippen LogP contribution in [0.3, 0.4) is 0 Å². The summed E-state index contributed by atoms with van der Waals surface area (Å²) in [6.45, 7) is 1.34. The molecule has 1 fully saturated rings. The van der Waals surface area contributed by atoms with Crippen molar-refractivity contribution in [3.05, 3.63) is 70.8 Å². The van der Waals surface area contributed by atoms with Crippen molar-refractivity contribution in [2.24, 2.45) is 5.92 Å². The second kappa shape index (κ2) is 8.86. The molecule has 1 amide bonds. The number of ether oxygens (including phenoxy) is 1. The smallest absolute Gasteiger partial charge is 0.348 e. The first kappa shape index (κ1) is 19.8. The van der Waals surface area contributed by atoms with Crippen LogP contribution in [-0.2, 0) is 11.2 Å². The van der Waals surface area contributed by atoms with Gasteiger partial charge in [0, 0.05) is 25.6 Å². The number of methoxy groups -OCH3 is 1. The Kier molecular flexibility index (Phi) is 5.83. The summed E-state index contributed by atoms with van der Waals surface area (Å²) in [6.07, 6.45) is 7.27. The molecule has 0 bridgehead atoms. The van der Waals surface area contributed by atoms with Crippen molar-refractivity contribution in [1.82, 2.24) is 19.7 Å². The second-order valence-corrected chi connectivity index (χ2v) is 7.30. The summed E-state index contributed by atoms with van der Waals surface area (Å²) in [6, 6.07) is 10.9.